The Hall–Kier alpha value is -2.49. The van der Waals surface area contributed by atoms with E-state index in [1.54, 1.807) is 7.11 Å². The molecule has 0 aliphatic carbocycles. The van der Waals surface area contributed by atoms with Crippen molar-refractivity contribution in [3.05, 3.63) is 59.2 Å². The second-order valence-electron chi connectivity index (χ2n) is 5.97. The lowest BCUT2D eigenvalue weighted by molar-refractivity contribution is -0.120. The molecule has 0 unspecified atom stereocenters. The molecule has 0 saturated carbocycles. The Kier molecular flexibility index (Phi) is 7.33. The van der Waals surface area contributed by atoms with Gasteiger partial charge in [0.25, 0.3) is 0 Å². The predicted molar refractivity (Wildman–Crippen MR) is 100 cm³/mol. The van der Waals surface area contributed by atoms with Crippen molar-refractivity contribution < 1.29 is 14.3 Å². The van der Waals surface area contributed by atoms with Crippen molar-refractivity contribution in [1.29, 1.82) is 0 Å². The number of carbonyl (C=O) groups excluding carboxylic acids is 1. The van der Waals surface area contributed by atoms with E-state index in [2.05, 4.69) is 11.4 Å². The number of carbonyl (C=O) groups is 1. The van der Waals surface area contributed by atoms with Crippen molar-refractivity contribution in [3.63, 3.8) is 0 Å². The number of aryl methyl sites for hydroxylation is 2. The van der Waals surface area contributed by atoms with Crippen molar-refractivity contribution >= 4 is 5.91 Å². The summed E-state index contributed by atoms with van der Waals surface area (Å²) >= 11 is 0. The van der Waals surface area contributed by atoms with Gasteiger partial charge in [-0.2, -0.15) is 0 Å². The molecule has 0 spiro atoms. The second kappa shape index (κ2) is 9.72. The number of methoxy groups -OCH3 is 1. The quantitative estimate of drug-likeness (QED) is 0.708. The molecule has 0 atom stereocenters. The Labute approximate surface area is 150 Å². The highest BCUT2D eigenvalue weighted by Gasteiger charge is 2.06. The van der Waals surface area contributed by atoms with Gasteiger partial charge >= 0.3 is 0 Å². The highest BCUT2D eigenvalue weighted by atomic mass is 16.5. The van der Waals surface area contributed by atoms with Crippen LogP contribution in [0.3, 0.4) is 0 Å². The minimum absolute atomic E-state index is 0.0441. The second-order valence-corrected chi connectivity index (χ2v) is 5.97. The number of hydrogen-bond donors (Lipinski definition) is 1. The summed E-state index contributed by atoms with van der Waals surface area (Å²) in [5.41, 5.74) is 3.22. The van der Waals surface area contributed by atoms with Gasteiger partial charge in [0, 0.05) is 6.54 Å². The number of ether oxygens (including phenoxy) is 2. The van der Waals surface area contributed by atoms with Crippen LogP contribution in [-0.2, 0) is 17.6 Å². The first-order valence-electron chi connectivity index (χ1n) is 8.75. The van der Waals surface area contributed by atoms with Gasteiger partial charge < -0.3 is 14.8 Å². The van der Waals surface area contributed by atoms with Gasteiger partial charge in [-0.05, 0) is 55.5 Å². The molecule has 0 fully saturated rings. The van der Waals surface area contributed by atoms with Crippen LogP contribution in [0.4, 0.5) is 0 Å². The molecular formula is C21H27NO3. The number of amides is 1. The molecule has 2 aromatic carbocycles. The first kappa shape index (κ1) is 18.8. The fourth-order valence-corrected chi connectivity index (χ4v) is 2.81. The van der Waals surface area contributed by atoms with Gasteiger partial charge in [0.15, 0.2) is 0 Å². The standard InChI is InChI=1S/C21H27NO3/c1-4-25-20-10-6-5-8-18(20)9-7-13-22-21(23)15-17-11-12-19(24-3)16(2)14-17/h5-6,8,10-12,14H,4,7,9,13,15H2,1-3H3,(H,22,23). The summed E-state index contributed by atoms with van der Waals surface area (Å²) in [5.74, 6) is 1.82. The Morgan fingerprint density at radius 3 is 2.64 bits per heavy atom. The first-order chi connectivity index (χ1) is 12.1. The molecule has 1 N–H and O–H groups in total. The maximum Gasteiger partial charge on any atom is 0.224 e. The number of para-hydroxylation sites is 1. The fourth-order valence-electron chi connectivity index (χ4n) is 2.81. The van der Waals surface area contributed by atoms with Crippen LogP contribution in [0.2, 0.25) is 0 Å². The van der Waals surface area contributed by atoms with Gasteiger partial charge in [-0.25, -0.2) is 0 Å². The molecule has 1 amide bonds. The lowest BCUT2D eigenvalue weighted by atomic mass is 10.1. The molecule has 0 heterocycles. The third-order valence-electron chi connectivity index (χ3n) is 4.04. The topological polar surface area (TPSA) is 47.6 Å². The fraction of sp³-hybridized carbons (Fsp3) is 0.381. The summed E-state index contributed by atoms with van der Waals surface area (Å²) in [5, 5.41) is 2.99. The highest BCUT2D eigenvalue weighted by Crippen LogP contribution is 2.20. The van der Waals surface area contributed by atoms with Crippen LogP contribution in [0.1, 0.15) is 30.0 Å². The number of benzene rings is 2. The molecule has 0 aromatic heterocycles. The first-order valence-corrected chi connectivity index (χ1v) is 8.75. The molecule has 2 rings (SSSR count). The van der Waals surface area contributed by atoms with E-state index < -0.39 is 0 Å². The van der Waals surface area contributed by atoms with Crippen LogP contribution in [0.15, 0.2) is 42.5 Å². The normalized spacial score (nSPS) is 10.4. The maximum absolute atomic E-state index is 12.1. The Bertz CT molecular complexity index is 697. The largest absolute Gasteiger partial charge is 0.496 e. The van der Waals surface area contributed by atoms with Gasteiger partial charge in [-0.3, -0.25) is 4.79 Å². The Balaban J connectivity index is 1.76. The zero-order chi connectivity index (χ0) is 18.1. The van der Waals surface area contributed by atoms with Crippen LogP contribution in [0.25, 0.3) is 0 Å². The number of nitrogens with one attached hydrogen (secondary N) is 1. The van der Waals surface area contributed by atoms with E-state index in [0.29, 0.717) is 19.6 Å². The SMILES string of the molecule is CCOc1ccccc1CCCNC(=O)Cc1ccc(OC)c(C)c1. The van der Waals surface area contributed by atoms with Crippen LogP contribution >= 0.6 is 0 Å². The lowest BCUT2D eigenvalue weighted by Crippen LogP contribution is -2.26. The number of rotatable bonds is 9. The molecule has 0 aliphatic rings. The van der Waals surface area contributed by atoms with E-state index in [-0.39, 0.29) is 5.91 Å². The summed E-state index contributed by atoms with van der Waals surface area (Å²) in [4.78, 5) is 12.1. The van der Waals surface area contributed by atoms with Gasteiger partial charge in [0.2, 0.25) is 5.91 Å². The zero-order valence-corrected chi connectivity index (χ0v) is 15.3. The van der Waals surface area contributed by atoms with E-state index in [0.717, 1.165) is 35.5 Å². The van der Waals surface area contributed by atoms with Crippen molar-refractivity contribution in [3.8, 4) is 11.5 Å². The minimum Gasteiger partial charge on any atom is -0.496 e. The molecule has 2 aromatic rings. The number of hydrogen-bond acceptors (Lipinski definition) is 3. The van der Waals surface area contributed by atoms with Crippen molar-refractivity contribution in [2.75, 3.05) is 20.3 Å². The molecular weight excluding hydrogens is 314 g/mol. The van der Waals surface area contributed by atoms with Gasteiger partial charge in [-0.1, -0.05) is 30.3 Å². The monoisotopic (exact) mass is 341 g/mol. The van der Waals surface area contributed by atoms with Gasteiger partial charge in [0.1, 0.15) is 11.5 Å². The highest BCUT2D eigenvalue weighted by molar-refractivity contribution is 5.78. The van der Waals surface area contributed by atoms with Crippen molar-refractivity contribution in [2.45, 2.75) is 33.1 Å². The molecule has 4 nitrogen and oxygen atoms in total. The molecule has 4 heteroatoms. The Morgan fingerprint density at radius 2 is 1.92 bits per heavy atom. The van der Waals surface area contributed by atoms with E-state index in [4.69, 9.17) is 9.47 Å². The summed E-state index contributed by atoms with van der Waals surface area (Å²) in [6, 6.07) is 13.9. The average molecular weight is 341 g/mol. The molecule has 0 radical (unpaired) electrons. The third kappa shape index (κ3) is 5.82. The third-order valence-corrected chi connectivity index (χ3v) is 4.04. The smallest absolute Gasteiger partial charge is 0.224 e. The van der Waals surface area contributed by atoms with E-state index >= 15 is 0 Å². The van der Waals surface area contributed by atoms with Crippen LogP contribution < -0.4 is 14.8 Å². The summed E-state index contributed by atoms with van der Waals surface area (Å²) in [6.45, 7) is 5.29. The molecule has 0 aliphatic heterocycles. The van der Waals surface area contributed by atoms with Crippen molar-refractivity contribution in [2.24, 2.45) is 0 Å². The zero-order valence-electron chi connectivity index (χ0n) is 15.3. The summed E-state index contributed by atoms with van der Waals surface area (Å²) in [6.07, 6.45) is 2.16. The van der Waals surface area contributed by atoms with E-state index in [9.17, 15) is 4.79 Å². The summed E-state index contributed by atoms with van der Waals surface area (Å²) < 4.78 is 10.9. The molecule has 134 valence electrons. The van der Waals surface area contributed by atoms with Gasteiger partial charge in [-0.15, -0.1) is 0 Å². The Morgan fingerprint density at radius 1 is 1.12 bits per heavy atom. The van der Waals surface area contributed by atoms with E-state index in [1.807, 2.05) is 50.2 Å². The minimum atomic E-state index is 0.0441. The molecule has 0 bridgehead atoms. The maximum atomic E-state index is 12.1. The summed E-state index contributed by atoms with van der Waals surface area (Å²) in [7, 11) is 1.65. The molecule has 25 heavy (non-hydrogen) atoms. The average Bonchev–Trinajstić information content (AvgIpc) is 2.60. The van der Waals surface area contributed by atoms with Crippen LogP contribution in [-0.4, -0.2) is 26.2 Å². The van der Waals surface area contributed by atoms with E-state index in [1.165, 1.54) is 5.56 Å². The van der Waals surface area contributed by atoms with Crippen molar-refractivity contribution in [1.82, 2.24) is 5.32 Å². The van der Waals surface area contributed by atoms with Gasteiger partial charge in [0.05, 0.1) is 20.1 Å². The lowest BCUT2D eigenvalue weighted by Gasteiger charge is -2.10. The van der Waals surface area contributed by atoms with Crippen LogP contribution in [0, 0.1) is 6.92 Å². The van der Waals surface area contributed by atoms with Crippen LogP contribution in [0.5, 0.6) is 11.5 Å². The predicted octanol–water partition coefficient (Wildman–Crippen LogP) is 3.69. The molecule has 0 saturated heterocycles.